The van der Waals surface area contributed by atoms with Crippen molar-refractivity contribution in [2.45, 2.75) is 0 Å². The first-order valence-corrected chi connectivity index (χ1v) is 9.14. The maximum Gasteiger partial charge on any atom is 0.259 e. The lowest BCUT2D eigenvalue weighted by Gasteiger charge is -2.15. The standard InChI is InChI=1S/C23H22N2O5/c1-28-19-13-6-4-11-17(19)24-22(26)15-9-8-10-16(21(15)30-3)23(27)25-18-12-5-7-14-20(18)29-2/h4-14H,1-3H3,(H,24,26)(H,25,27). The zero-order valence-electron chi connectivity index (χ0n) is 16.9. The third-order valence-electron chi connectivity index (χ3n) is 4.42. The number of nitrogens with one attached hydrogen (secondary N) is 2. The van der Waals surface area contributed by atoms with Gasteiger partial charge >= 0.3 is 0 Å². The second kappa shape index (κ2) is 9.47. The molecule has 0 fully saturated rings. The van der Waals surface area contributed by atoms with Crippen LogP contribution in [0.4, 0.5) is 11.4 Å². The van der Waals surface area contributed by atoms with Crippen LogP contribution in [0.15, 0.2) is 66.7 Å². The van der Waals surface area contributed by atoms with Crippen LogP contribution in [-0.2, 0) is 0 Å². The molecule has 3 aromatic rings. The number of amides is 2. The molecule has 3 aromatic carbocycles. The van der Waals surface area contributed by atoms with Gasteiger partial charge in [-0.05, 0) is 36.4 Å². The number of methoxy groups -OCH3 is 3. The summed E-state index contributed by atoms with van der Waals surface area (Å²) in [7, 11) is 4.46. The Balaban J connectivity index is 1.90. The molecule has 0 heterocycles. The second-order valence-electron chi connectivity index (χ2n) is 6.20. The summed E-state index contributed by atoms with van der Waals surface area (Å²) in [4.78, 5) is 25.8. The van der Waals surface area contributed by atoms with E-state index in [9.17, 15) is 9.59 Å². The summed E-state index contributed by atoms with van der Waals surface area (Å²) in [5.74, 6) is 0.355. The van der Waals surface area contributed by atoms with Crippen molar-refractivity contribution in [3.8, 4) is 17.2 Å². The Morgan fingerprint density at radius 3 is 1.43 bits per heavy atom. The average molecular weight is 406 g/mol. The number of carbonyl (C=O) groups is 2. The Kier molecular flexibility index (Phi) is 6.54. The minimum Gasteiger partial charge on any atom is -0.495 e. The van der Waals surface area contributed by atoms with Gasteiger partial charge in [0.25, 0.3) is 11.8 Å². The van der Waals surface area contributed by atoms with Crippen molar-refractivity contribution in [1.82, 2.24) is 0 Å². The van der Waals surface area contributed by atoms with Gasteiger partial charge in [0, 0.05) is 0 Å². The van der Waals surface area contributed by atoms with Crippen molar-refractivity contribution in [2.24, 2.45) is 0 Å². The van der Waals surface area contributed by atoms with Crippen LogP contribution < -0.4 is 24.8 Å². The van der Waals surface area contributed by atoms with Crippen molar-refractivity contribution in [3.05, 3.63) is 77.9 Å². The molecule has 0 aromatic heterocycles. The van der Waals surface area contributed by atoms with E-state index >= 15 is 0 Å². The van der Waals surface area contributed by atoms with E-state index < -0.39 is 11.8 Å². The van der Waals surface area contributed by atoms with Crippen LogP contribution in [0.2, 0.25) is 0 Å². The predicted octanol–water partition coefficient (Wildman–Crippen LogP) is 4.22. The van der Waals surface area contributed by atoms with Gasteiger partial charge in [0.2, 0.25) is 0 Å². The van der Waals surface area contributed by atoms with E-state index in [-0.39, 0.29) is 16.9 Å². The quantitative estimate of drug-likeness (QED) is 0.614. The first-order chi connectivity index (χ1) is 14.6. The van der Waals surface area contributed by atoms with Crippen LogP contribution in [0.5, 0.6) is 17.2 Å². The minimum absolute atomic E-state index is 0.164. The average Bonchev–Trinajstić information content (AvgIpc) is 2.79. The molecule has 7 nitrogen and oxygen atoms in total. The highest BCUT2D eigenvalue weighted by molar-refractivity contribution is 6.12. The number of hydrogen-bond acceptors (Lipinski definition) is 5. The fraction of sp³-hybridized carbons (Fsp3) is 0.130. The summed E-state index contributed by atoms with van der Waals surface area (Å²) in [5.41, 5.74) is 1.46. The summed E-state index contributed by atoms with van der Waals surface area (Å²) in [6, 6.07) is 18.9. The number of para-hydroxylation sites is 5. The highest BCUT2D eigenvalue weighted by Crippen LogP contribution is 2.30. The van der Waals surface area contributed by atoms with Gasteiger partial charge in [0.05, 0.1) is 43.8 Å². The lowest BCUT2D eigenvalue weighted by Crippen LogP contribution is -2.18. The smallest absolute Gasteiger partial charge is 0.259 e. The number of rotatable bonds is 7. The molecule has 0 bridgehead atoms. The van der Waals surface area contributed by atoms with E-state index in [1.54, 1.807) is 66.7 Å². The van der Waals surface area contributed by atoms with Crippen LogP contribution in [0, 0.1) is 0 Å². The van der Waals surface area contributed by atoms with E-state index in [1.165, 1.54) is 21.3 Å². The SMILES string of the molecule is COc1ccccc1NC(=O)c1cccc(C(=O)Nc2ccccc2OC)c1OC. The molecule has 0 aliphatic heterocycles. The number of ether oxygens (including phenoxy) is 3. The molecule has 0 saturated carbocycles. The third kappa shape index (κ3) is 4.35. The molecule has 0 saturated heterocycles. The Morgan fingerprint density at radius 1 is 0.600 bits per heavy atom. The fourth-order valence-electron chi connectivity index (χ4n) is 2.99. The lowest BCUT2D eigenvalue weighted by atomic mass is 10.1. The number of hydrogen-bond donors (Lipinski definition) is 2. The van der Waals surface area contributed by atoms with E-state index in [2.05, 4.69) is 10.6 Å². The summed E-state index contributed by atoms with van der Waals surface area (Å²) >= 11 is 0. The van der Waals surface area contributed by atoms with Gasteiger partial charge in [0.15, 0.2) is 0 Å². The summed E-state index contributed by atoms with van der Waals surface area (Å²) in [6.07, 6.45) is 0. The van der Waals surface area contributed by atoms with Crippen molar-refractivity contribution >= 4 is 23.2 Å². The zero-order chi connectivity index (χ0) is 21.5. The van der Waals surface area contributed by atoms with E-state index in [1.807, 2.05) is 0 Å². The molecule has 3 rings (SSSR count). The van der Waals surface area contributed by atoms with Gasteiger partial charge in [0.1, 0.15) is 17.2 Å². The Labute approximate surface area is 174 Å². The Morgan fingerprint density at radius 2 is 1.03 bits per heavy atom. The molecule has 154 valence electrons. The van der Waals surface area contributed by atoms with Gasteiger partial charge in [-0.1, -0.05) is 30.3 Å². The topological polar surface area (TPSA) is 85.9 Å². The molecule has 2 N–H and O–H groups in total. The fourth-order valence-corrected chi connectivity index (χ4v) is 2.99. The lowest BCUT2D eigenvalue weighted by molar-refractivity contribution is 0.102. The Hall–Kier alpha value is -4.00. The summed E-state index contributed by atoms with van der Waals surface area (Å²) in [6.45, 7) is 0. The molecular formula is C23H22N2O5. The van der Waals surface area contributed by atoms with Gasteiger partial charge in [-0.3, -0.25) is 9.59 Å². The van der Waals surface area contributed by atoms with Crippen LogP contribution in [0.1, 0.15) is 20.7 Å². The molecule has 0 atom stereocenters. The Bertz CT molecular complexity index is 985. The van der Waals surface area contributed by atoms with E-state index in [0.717, 1.165) is 0 Å². The maximum atomic E-state index is 12.9. The normalized spacial score (nSPS) is 10.1. The highest BCUT2D eigenvalue weighted by atomic mass is 16.5. The molecule has 0 unspecified atom stereocenters. The van der Waals surface area contributed by atoms with Gasteiger partial charge in [-0.25, -0.2) is 0 Å². The summed E-state index contributed by atoms with van der Waals surface area (Å²) in [5, 5.41) is 5.58. The van der Waals surface area contributed by atoms with Crippen LogP contribution in [0.25, 0.3) is 0 Å². The summed E-state index contributed by atoms with van der Waals surface area (Å²) < 4.78 is 16.0. The molecule has 0 spiro atoms. The number of anilines is 2. The van der Waals surface area contributed by atoms with Gasteiger partial charge < -0.3 is 24.8 Å². The van der Waals surface area contributed by atoms with Gasteiger partial charge in [-0.2, -0.15) is 0 Å². The molecular weight excluding hydrogens is 384 g/mol. The second-order valence-corrected chi connectivity index (χ2v) is 6.20. The largest absolute Gasteiger partial charge is 0.495 e. The molecule has 0 aliphatic carbocycles. The number of benzene rings is 3. The van der Waals surface area contributed by atoms with Gasteiger partial charge in [-0.15, -0.1) is 0 Å². The highest BCUT2D eigenvalue weighted by Gasteiger charge is 2.21. The maximum absolute atomic E-state index is 12.9. The predicted molar refractivity (Wildman–Crippen MR) is 115 cm³/mol. The van der Waals surface area contributed by atoms with Crippen molar-refractivity contribution in [3.63, 3.8) is 0 Å². The number of carbonyl (C=O) groups excluding carboxylic acids is 2. The molecule has 2 amide bonds. The van der Waals surface area contributed by atoms with E-state index in [0.29, 0.717) is 22.9 Å². The first kappa shape index (κ1) is 20.7. The van der Waals surface area contributed by atoms with E-state index in [4.69, 9.17) is 14.2 Å². The molecule has 0 aliphatic rings. The third-order valence-corrected chi connectivity index (χ3v) is 4.42. The van der Waals surface area contributed by atoms with Crippen LogP contribution in [-0.4, -0.2) is 33.1 Å². The monoisotopic (exact) mass is 406 g/mol. The van der Waals surface area contributed by atoms with Crippen molar-refractivity contribution in [2.75, 3.05) is 32.0 Å². The van der Waals surface area contributed by atoms with Crippen LogP contribution in [0.3, 0.4) is 0 Å². The zero-order valence-corrected chi connectivity index (χ0v) is 16.9. The first-order valence-electron chi connectivity index (χ1n) is 9.14. The minimum atomic E-state index is -0.428. The van der Waals surface area contributed by atoms with Crippen molar-refractivity contribution < 1.29 is 23.8 Å². The molecule has 7 heteroatoms. The van der Waals surface area contributed by atoms with Crippen molar-refractivity contribution in [1.29, 1.82) is 0 Å². The molecule has 30 heavy (non-hydrogen) atoms. The molecule has 0 radical (unpaired) electrons. The van der Waals surface area contributed by atoms with Crippen LogP contribution >= 0.6 is 0 Å².